The van der Waals surface area contributed by atoms with Crippen LogP contribution in [0.5, 0.6) is 0 Å². The van der Waals surface area contributed by atoms with Gasteiger partial charge in [-0.15, -0.1) is 0 Å². The van der Waals surface area contributed by atoms with E-state index >= 15 is 0 Å². The minimum absolute atomic E-state index is 0.0141. The Kier molecular flexibility index (Phi) is 4.65. The molecule has 136 valence electrons. The average Bonchev–Trinajstić information content (AvgIpc) is 3.24. The predicted molar refractivity (Wildman–Crippen MR) is 98.0 cm³/mol. The Hall–Kier alpha value is -3.48. The third kappa shape index (κ3) is 3.57. The van der Waals surface area contributed by atoms with Gasteiger partial charge in [0.2, 0.25) is 5.76 Å². The normalized spacial score (nSPS) is 14.2. The number of nitrogens with zero attached hydrogens (tertiary/aromatic N) is 4. The molecule has 1 aliphatic rings. The zero-order valence-electron chi connectivity index (χ0n) is 14.6. The van der Waals surface area contributed by atoms with E-state index in [-0.39, 0.29) is 17.6 Å². The van der Waals surface area contributed by atoms with Gasteiger partial charge >= 0.3 is 0 Å². The van der Waals surface area contributed by atoms with E-state index in [1.54, 1.807) is 40.3 Å². The maximum absolute atomic E-state index is 12.7. The zero-order valence-corrected chi connectivity index (χ0v) is 14.6. The molecule has 0 radical (unpaired) electrons. The molecule has 3 heterocycles. The van der Waals surface area contributed by atoms with E-state index in [0.717, 1.165) is 0 Å². The summed E-state index contributed by atoms with van der Waals surface area (Å²) >= 11 is 0. The molecule has 0 unspecified atom stereocenters. The van der Waals surface area contributed by atoms with Gasteiger partial charge in [-0.25, -0.2) is 0 Å². The molecule has 0 saturated carbocycles. The fourth-order valence-electron chi connectivity index (χ4n) is 3.04. The molecular weight excluding hydrogens is 344 g/mol. The van der Waals surface area contributed by atoms with Crippen molar-refractivity contribution in [3.63, 3.8) is 0 Å². The van der Waals surface area contributed by atoms with Crippen LogP contribution < -0.4 is 0 Å². The van der Waals surface area contributed by atoms with Gasteiger partial charge in [0.1, 0.15) is 5.69 Å². The molecule has 1 saturated heterocycles. The molecule has 2 aromatic heterocycles. The summed E-state index contributed by atoms with van der Waals surface area (Å²) in [7, 11) is 0. The summed E-state index contributed by atoms with van der Waals surface area (Å²) in [5, 5.41) is 3.94. The number of benzene rings is 1. The van der Waals surface area contributed by atoms with Gasteiger partial charge in [-0.05, 0) is 24.3 Å². The van der Waals surface area contributed by atoms with Crippen LogP contribution in [0, 0.1) is 0 Å². The summed E-state index contributed by atoms with van der Waals surface area (Å²) in [6.07, 6.45) is 1.66. The van der Waals surface area contributed by atoms with Gasteiger partial charge in [0.05, 0.1) is 5.69 Å². The first-order chi connectivity index (χ1) is 13.2. The Morgan fingerprint density at radius 1 is 0.815 bits per heavy atom. The molecule has 27 heavy (non-hydrogen) atoms. The largest absolute Gasteiger partial charge is 0.350 e. The number of hydrogen-bond donors (Lipinski definition) is 0. The number of amides is 2. The lowest BCUT2D eigenvalue weighted by Gasteiger charge is -2.34. The second-order valence-corrected chi connectivity index (χ2v) is 6.24. The Bertz CT molecular complexity index is 932. The Morgan fingerprint density at radius 2 is 1.48 bits per heavy atom. The second kappa shape index (κ2) is 7.41. The molecule has 4 rings (SSSR count). The van der Waals surface area contributed by atoms with Gasteiger partial charge in [0.15, 0.2) is 0 Å². The summed E-state index contributed by atoms with van der Waals surface area (Å²) in [4.78, 5) is 32.8. The van der Waals surface area contributed by atoms with Crippen LogP contribution in [0.3, 0.4) is 0 Å². The molecule has 1 fully saturated rings. The van der Waals surface area contributed by atoms with E-state index in [4.69, 9.17) is 4.52 Å². The van der Waals surface area contributed by atoms with Crippen molar-refractivity contribution < 1.29 is 14.1 Å². The molecule has 1 aromatic carbocycles. The number of piperazine rings is 1. The minimum atomic E-state index is -0.225. The molecule has 3 aromatic rings. The zero-order chi connectivity index (χ0) is 18.6. The van der Waals surface area contributed by atoms with E-state index < -0.39 is 0 Å². The highest BCUT2D eigenvalue weighted by Crippen LogP contribution is 2.18. The van der Waals surface area contributed by atoms with Crippen molar-refractivity contribution in [2.24, 2.45) is 0 Å². The molecular formula is C20H18N4O3. The topological polar surface area (TPSA) is 79.5 Å². The molecule has 2 amide bonds. The van der Waals surface area contributed by atoms with Crippen molar-refractivity contribution in [3.05, 3.63) is 72.1 Å². The standard InChI is InChI=1S/C20H18N4O3/c25-19(15-6-2-1-3-7-15)23-10-12-24(13-11-23)20(26)18-14-17(22-27-18)16-8-4-5-9-21-16/h1-9,14H,10-13H2. The van der Waals surface area contributed by atoms with Crippen LogP contribution in [0.2, 0.25) is 0 Å². The van der Waals surface area contributed by atoms with E-state index in [2.05, 4.69) is 10.1 Å². The first-order valence-corrected chi connectivity index (χ1v) is 8.74. The molecule has 0 aliphatic carbocycles. The summed E-state index contributed by atoms with van der Waals surface area (Å²) < 4.78 is 5.22. The van der Waals surface area contributed by atoms with Crippen molar-refractivity contribution in [1.82, 2.24) is 19.9 Å². The summed E-state index contributed by atoms with van der Waals surface area (Å²) in [5.74, 6) is -0.0604. The molecule has 0 N–H and O–H groups in total. The number of rotatable bonds is 3. The Balaban J connectivity index is 1.39. The van der Waals surface area contributed by atoms with Crippen molar-refractivity contribution in [1.29, 1.82) is 0 Å². The highest BCUT2D eigenvalue weighted by Gasteiger charge is 2.27. The number of aromatic nitrogens is 2. The fourth-order valence-corrected chi connectivity index (χ4v) is 3.04. The molecule has 7 heteroatoms. The summed E-state index contributed by atoms with van der Waals surface area (Å²) in [6, 6.07) is 16.2. The van der Waals surface area contributed by atoms with E-state index in [9.17, 15) is 9.59 Å². The minimum Gasteiger partial charge on any atom is -0.350 e. The second-order valence-electron chi connectivity index (χ2n) is 6.24. The molecule has 1 aliphatic heterocycles. The van der Waals surface area contributed by atoms with E-state index in [0.29, 0.717) is 43.1 Å². The van der Waals surface area contributed by atoms with E-state index in [1.807, 2.05) is 30.3 Å². The highest BCUT2D eigenvalue weighted by molar-refractivity contribution is 5.95. The smallest absolute Gasteiger partial charge is 0.292 e. The number of pyridine rings is 1. The van der Waals surface area contributed by atoms with Crippen molar-refractivity contribution in [3.8, 4) is 11.4 Å². The molecule has 0 spiro atoms. The first-order valence-electron chi connectivity index (χ1n) is 8.74. The molecule has 7 nitrogen and oxygen atoms in total. The van der Waals surface area contributed by atoms with Crippen LogP contribution >= 0.6 is 0 Å². The maximum atomic E-state index is 12.7. The van der Waals surface area contributed by atoms with Gasteiger partial charge in [-0.1, -0.05) is 29.4 Å². The van der Waals surface area contributed by atoms with Crippen LogP contribution in [-0.4, -0.2) is 57.9 Å². The van der Waals surface area contributed by atoms with Crippen LogP contribution in [0.1, 0.15) is 20.9 Å². The molecule has 0 atom stereocenters. The third-order valence-electron chi connectivity index (χ3n) is 4.52. The number of carbonyl (C=O) groups excluding carboxylic acids is 2. The van der Waals surface area contributed by atoms with Crippen molar-refractivity contribution in [2.45, 2.75) is 0 Å². The molecule has 0 bridgehead atoms. The predicted octanol–water partition coefficient (Wildman–Crippen LogP) is 2.33. The quantitative estimate of drug-likeness (QED) is 0.714. The van der Waals surface area contributed by atoms with Crippen LogP contribution in [0.4, 0.5) is 0 Å². The Labute approximate surface area is 156 Å². The van der Waals surface area contributed by atoms with Gasteiger partial charge in [0, 0.05) is 44.0 Å². The van der Waals surface area contributed by atoms with Crippen LogP contribution in [0.15, 0.2) is 65.3 Å². The van der Waals surface area contributed by atoms with E-state index in [1.165, 1.54) is 0 Å². The van der Waals surface area contributed by atoms with Crippen LogP contribution in [0.25, 0.3) is 11.4 Å². The van der Waals surface area contributed by atoms with Gasteiger partial charge in [-0.2, -0.15) is 0 Å². The Morgan fingerprint density at radius 3 is 2.15 bits per heavy atom. The maximum Gasteiger partial charge on any atom is 0.292 e. The first kappa shape index (κ1) is 17.0. The lowest BCUT2D eigenvalue weighted by Crippen LogP contribution is -2.50. The van der Waals surface area contributed by atoms with Crippen LogP contribution in [-0.2, 0) is 0 Å². The summed E-state index contributed by atoms with van der Waals surface area (Å²) in [5.41, 5.74) is 1.84. The van der Waals surface area contributed by atoms with Crippen molar-refractivity contribution in [2.75, 3.05) is 26.2 Å². The SMILES string of the molecule is O=C(c1ccccc1)N1CCN(C(=O)c2cc(-c3ccccn3)no2)CC1. The highest BCUT2D eigenvalue weighted by atomic mass is 16.5. The monoisotopic (exact) mass is 362 g/mol. The average molecular weight is 362 g/mol. The van der Waals surface area contributed by atoms with Gasteiger partial charge in [0.25, 0.3) is 11.8 Å². The lowest BCUT2D eigenvalue weighted by atomic mass is 10.2. The number of carbonyl (C=O) groups is 2. The van der Waals surface area contributed by atoms with Gasteiger partial charge in [-0.3, -0.25) is 14.6 Å². The van der Waals surface area contributed by atoms with Crippen molar-refractivity contribution >= 4 is 11.8 Å². The summed E-state index contributed by atoms with van der Waals surface area (Å²) in [6.45, 7) is 1.88. The third-order valence-corrected chi connectivity index (χ3v) is 4.52. The number of hydrogen-bond acceptors (Lipinski definition) is 5. The lowest BCUT2D eigenvalue weighted by molar-refractivity contribution is 0.0513. The fraction of sp³-hybridized carbons (Fsp3) is 0.200. The van der Waals surface area contributed by atoms with Gasteiger partial charge < -0.3 is 14.3 Å².